The molecule has 9 nitrogen and oxygen atoms in total. The van der Waals surface area contributed by atoms with Crippen molar-refractivity contribution in [2.45, 2.75) is 41.5 Å². The molecular weight excluding hydrogens is 494 g/mol. The first-order valence-electron chi connectivity index (χ1n) is 10.6. The third kappa shape index (κ3) is 6.00. The van der Waals surface area contributed by atoms with E-state index in [9.17, 15) is 18.0 Å². The highest BCUT2D eigenvalue weighted by molar-refractivity contribution is 8.01. The Bertz CT molecular complexity index is 1290. The number of carbonyl (C=O) groups excluding carboxylic acids is 2. The minimum Gasteiger partial charge on any atom is -0.326 e. The van der Waals surface area contributed by atoms with Crippen LogP contribution >= 0.6 is 23.1 Å². The van der Waals surface area contributed by atoms with Gasteiger partial charge in [0.15, 0.2) is 4.34 Å². The summed E-state index contributed by atoms with van der Waals surface area (Å²) in [6, 6.07) is 12.6. The molecule has 3 N–H and O–H groups in total. The molecule has 2 heterocycles. The zero-order chi connectivity index (χ0) is 24.1. The van der Waals surface area contributed by atoms with Gasteiger partial charge in [-0.1, -0.05) is 60.4 Å². The van der Waals surface area contributed by atoms with Gasteiger partial charge in [-0.15, -0.1) is 10.2 Å². The first-order chi connectivity index (χ1) is 16.3. The summed E-state index contributed by atoms with van der Waals surface area (Å²) in [5.41, 5.74) is 2.14. The fourth-order valence-electron chi connectivity index (χ4n) is 3.45. The third-order valence-electron chi connectivity index (χ3n) is 5.08. The summed E-state index contributed by atoms with van der Waals surface area (Å²) in [5.74, 6) is 0.198. The average Bonchev–Trinajstić information content (AvgIpc) is 3.25. The van der Waals surface area contributed by atoms with Crippen molar-refractivity contribution in [3.63, 3.8) is 0 Å². The Labute approximate surface area is 205 Å². The van der Waals surface area contributed by atoms with Crippen LogP contribution in [0.2, 0.25) is 0 Å². The molecule has 178 valence electrons. The number of carbonyl (C=O) groups is 2. The minimum absolute atomic E-state index is 0.0332. The molecule has 1 aliphatic rings. The van der Waals surface area contributed by atoms with Gasteiger partial charge in [-0.25, -0.2) is 8.42 Å². The minimum atomic E-state index is -4.03. The molecular formula is C22H23N5O4S3. The van der Waals surface area contributed by atoms with E-state index in [4.69, 9.17) is 0 Å². The highest BCUT2D eigenvalue weighted by Gasteiger charge is 2.28. The lowest BCUT2D eigenvalue weighted by molar-refractivity contribution is -0.118. The number of hydrogen-bond acceptors (Lipinski definition) is 8. The highest BCUT2D eigenvalue weighted by atomic mass is 32.2. The molecule has 0 saturated heterocycles. The number of thioether (sulfide) groups is 1. The summed E-state index contributed by atoms with van der Waals surface area (Å²) in [5, 5.41) is 13.7. The predicted molar refractivity (Wildman–Crippen MR) is 133 cm³/mol. The van der Waals surface area contributed by atoms with Crippen LogP contribution in [0.15, 0.2) is 57.8 Å². The maximum Gasteiger partial charge on any atom is 0.244 e. The van der Waals surface area contributed by atoms with Crippen molar-refractivity contribution >= 4 is 55.8 Å². The highest BCUT2D eigenvalue weighted by Crippen LogP contribution is 2.27. The smallest absolute Gasteiger partial charge is 0.244 e. The third-order valence-corrected chi connectivity index (χ3v) is 8.41. The second-order valence-corrected chi connectivity index (χ2v) is 11.7. The second-order valence-electron chi connectivity index (χ2n) is 7.53. The van der Waals surface area contributed by atoms with Gasteiger partial charge in [0.1, 0.15) is 6.04 Å². The topological polar surface area (TPSA) is 130 Å². The van der Waals surface area contributed by atoms with Crippen molar-refractivity contribution in [3.8, 4) is 0 Å². The van der Waals surface area contributed by atoms with Gasteiger partial charge in [0.25, 0.3) is 0 Å². The first kappa shape index (κ1) is 24.3. The van der Waals surface area contributed by atoms with Gasteiger partial charge >= 0.3 is 0 Å². The van der Waals surface area contributed by atoms with E-state index < -0.39 is 22.0 Å². The number of rotatable bonds is 9. The lowest BCUT2D eigenvalue weighted by Gasteiger charge is -2.20. The zero-order valence-corrected chi connectivity index (χ0v) is 20.7. The molecule has 0 aliphatic carbocycles. The Morgan fingerprint density at radius 1 is 1.18 bits per heavy atom. The molecule has 0 spiro atoms. The SMILES string of the molecule is CCSc1nnc(NC(=O)C(Cc2ccccc2)NS(=O)(=O)c2ccc3c(c2)CCC(=O)N3)s1. The molecule has 1 unspecified atom stereocenters. The van der Waals surface area contributed by atoms with E-state index in [1.165, 1.54) is 35.2 Å². The maximum absolute atomic E-state index is 13.2. The Hall–Kier alpha value is -2.80. The van der Waals surface area contributed by atoms with Crippen molar-refractivity contribution < 1.29 is 18.0 Å². The number of nitrogens with zero attached hydrogens (tertiary/aromatic N) is 2. The van der Waals surface area contributed by atoms with Gasteiger partial charge in [0.05, 0.1) is 4.90 Å². The summed E-state index contributed by atoms with van der Waals surface area (Å²) in [6.07, 6.45) is 0.902. The zero-order valence-electron chi connectivity index (χ0n) is 18.3. The van der Waals surface area contributed by atoms with Crippen LogP contribution in [-0.4, -0.2) is 42.2 Å². The number of aromatic nitrogens is 2. The molecule has 1 atom stereocenters. The molecule has 0 radical (unpaired) electrons. The van der Waals surface area contributed by atoms with Gasteiger partial charge in [-0.2, -0.15) is 4.72 Å². The van der Waals surface area contributed by atoms with Gasteiger partial charge in [0, 0.05) is 12.1 Å². The van der Waals surface area contributed by atoms with Crippen molar-refractivity contribution in [1.29, 1.82) is 0 Å². The molecule has 1 aromatic heterocycles. The van der Waals surface area contributed by atoms with Crippen molar-refractivity contribution in [2.75, 3.05) is 16.4 Å². The van der Waals surface area contributed by atoms with E-state index in [0.29, 0.717) is 23.7 Å². The molecule has 1 aliphatic heterocycles. The molecule has 3 aromatic rings. The van der Waals surface area contributed by atoms with E-state index in [1.54, 1.807) is 6.07 Å². The molecule has 12 heteroatoms. The van der Waals surface area contributed by atoms with Crippen LogP contribution in [0.3, 0.4) is 0 Å². The summed E-state index contributed by atoms with van der Waals surface area (Å²) in [6.45, 7) is 1.99. The predicted octanol–water partition coefficient (Wildman–Crippen LogP) is 3.06. The Morgan fingerprint density at radius 2 is 1.97 bits per heavy atom. The number of fused-ring (bicyclic) bond motifs is 1. The van der Waals surface area contributed by atoms with E-state index in [-0.39, 0.29) is 17.2 Å². The van der Waals surface area contributed by atoms with Gasteiger partial charge in [-0.3, -0.25) is 14.9 Å². The largest absolute Gasteiger partial charge is 0.326 e. The van der Waals surface area contributed by atoms with Crippen LogP contribution in [0.1, 0.15) is 24.5 Å². The van der Waals surface area contributed by atoms with Crippen molar-refractivity contribution in [2.24, 2.45) is 0 Å². The second kappa shape index (κ2) is 10.6. The quantitative estimate of drug-likeness (QED) is 0.294. The molecule has 2 aromatic carbocycles. The molecule has 0 bridgehead atoms. The van der Waals surface area contributed by atoms with E-state index >= 15 is 0 Å². The number of nitrogens with one attached hydrogen (secondary N) is 3. The lowest BCUT2D eigenvalue weighted by atomic mass is 10.0. The number of hydrogen-bond donors (Lipinski definition) is 3. The lowest BCUT2D eigenvalue weighted by Crippen LogP contribution is -2.45. The number of benzene rings is 2. The number of aryl methyl sites for hydroxylation is 1. The van der Waals surface area contributed by atoms with E-state index in [0.717, 1.165) is 21.2 Å². The molecule has 4 rings (SSSR count). The van der Waals surface area contributed by atoms with E-state index in [2.05, 4.69) is 25.6 Å². The summed E-state index contributed by atoms with van der Waals surface area (Å²) < 4.78 is 29.7. The van der Waals surface area contributed by atoms with Crippen molar-refractivity contribution in [1.82, 2.24) is 14.9 Å². The Morgan fingerprint density at radius 3 is 2.74 bits per heavy atom. The van der Waals surface area contributed by atoms with Crippen molar-refractivity contribution in [3.05, 3.63) is 59.7 Å². The van der Waals surface area contributed by atoms with Crippen LogP contribution < -0.4 is 15.4 Å². The van der Waals surface area contributed by atoms with Crippen LogP contribution in [0, 0.1) is 0 Å². The monoisotopic (exact) mass is 517 g/mol. The van der Waals surface area contributed by atoms with Gasteiger partial charge in [0.2, 0.25) is 27.0 Å². The number of sulfonamides is 1. The van der Waals surface area contributed by atoms with Crippen LogP contribution in [0.25, 0.3) is 0 Å². The molecule has 0 fully saturated rings. The number of amides is 2. The summed E-state index contributed by atoms with van der Waals surface area (Å²) in [7, 11) is -4.03. The summed E-state index contributed by atoms with van der Waals surface area (Å²) >= 11 is 2.75. The molecule has 0 saturated carbocycles. The Kier molecular flexibility index (Phi) is 7.61. The van der Waals surface area contributed by atoms with E-state index in [1.807, 2.05) is 37.3 Å². The molecule has 34 heavy (non-hydrogen) atoms. The first-order valence-corrected chi connectivity index (χ1v) is 13.9. The fraction of sp³-hybridized carbons (Fsp3) is 0.273. The van der Waals surface area contributed by atoms with Gasteiger partial charge < -0.3 is 5.32 Å². The standard InChI is InChI=1S/C22H23N5O4S3/c1-2-32-22-26-25-21(33-22)24-20(29)18(12-14-6-4-3-5-7-14)27-34(30,31)16-9-10-17-15(13-16)8-11-19(28)23-17/h3-7,9-10,13,18,27H,2,8,11-12H2,1H3,(H,23,28)(H,24,25,29). The average molecular weight is 518 g/mol. The normalized spacial score (nSPS) is 14.2. The van der Waals surface area contributed by atoms with Crippen LogP contribution in [0.5, 0.6) is 0 Å². The van der Waals surface area contributed by atoms with Crippen LogP contribution in [0.4, 0.5) is 10.8 Å². The Balaban J connectivity index is 1.56. The van der Waals surface area contributed by atoms with Gasteiger partial charge in [-0.05, 0) is 47.9 Å². The van der Waals surface area contributed by atoms with Crippen LogP contribution in [-0.2, 0) is 32.5 Å². The maximum atomic E-state index is 13.2. The number of anilines is 2. The fourth-order valence-corrected chi connectivity index (χ4v) is 6.35. The molecule has 2 amide bonds. The summed E-state index contributed by atoms with van der Waals surface area (Å²) in [4.78, 5) is 24.7.